The van der Waals surface area contributed by atoms with Gasteiger partial charge in [-0.05, 0) is 12.1 Å². The molecule has 0 radical (unpaired) electrons. The highest BCUT2D eigenvalue weighted by Crippen LogP contribution is 2.13. The Kier molecular flexibility index (Phi) is 3.58. The molecule has 0 aromatic carbocycles. The highest BCUT2D eigenvalue weighted by Gasteiger charge is 2.00. The Bertz CT molecular complexity index is 267. The molecule has 1 aromatic heterocycles. The number of nitrogens with two attached hydrogens (primary N) is 1. The zero-order valence-corrected chi connectivity index (χ0v) is 7.29. The van der Waals surface area contributed by atoms with Crippen LogP contribution in [0.15, 0.2) is 29.4 Å². The van der Waals surface area contributed by atoms with Gasteiger partial charge in [0.05, 0.1) is 11.1 Å². The molecule has 0 bridgehead atoms. The van der Waals surface area contributed by atoms with Crippen molar-refractivity contribution < 1.29 is 0 Å². The molecule has 1 atom stereocenters. The van der Waals surface area contributed by atoms with Crippen LogP contribution in [0.2, 0.25) is 0 Å². The summed E-state index contributed by atoms with van der Waals surface area (Å²) in [5.41, 5.74) is 5.41. The zero-order chi connectivity index (χ0) is 8.81. The van der Waals surface area contributed by atoms with Crippen LogP contribution < -0.4 is 5.73 Å². The van der Waals surface area contributed by atoms with Crippen LogP contribution in [0.25, 0.3) is 0 Å². The van der Waals surface area contributed by atoms with Crippen molar-refractivity contribution in [2.45, 2.75) is 11.1 Å². The van der Waals surface area contributed by atoms with Gasteiger partial charge < -0.3 is 5.73 Å². The maximum absolute atomic E-state index is 8.40. The molecule has 4 heteroatoms. The van der Waals surface area contributed by atoms with E-state index in [-0.39, 0.29) is 0 Å². The van der Waals surface area contributed by atoms with E-state index in [1.165, 1.54) is 11.8 Å². The van der Waals surface area contributed by atoms with Crippen LogP contribution in [0.3, 0.4) is 0 Å². The van der Waals surface area contributed by atoms with Gasteiger partial charge in [-0.25, -0.2) is 4.98 Å². The Morgan fingerprint density at radius 1 is 1.67 bits per heavy atom. The molecule has 1 rings (SSSR count). The standard InChI is InChI=1S/C8H9N3S/c9-5-7(10)6-12-8-3-1-2-4-11-8/h1-4,7H,6,10H2. The molecule has 0 aliphatic rings. The fraction of sp³-hybridized carbons (Fsp3) is 0.250. The Morgan fingerprint density at radius 2 is 2.50 bits per heavy atom. The molecule has 0 fully saturated rings. The molecule has 62 valence electrons. The molecule has 0 saturated heterocycles. The highest BCUT2D eigenvalue weighted by molar-refractivity contribution is 7.99. The molecule has 1 heterocycles. The maximum Gasteiger partial charge on any atom is 0.102 e. The van der Waals surface area contributed by atoms with E-state index < -0.39 is 6.04 Å². The van der Waals surface area contributed by atoms with Gasteiger partial charge in [-0.2, -0.15) is 5.26 Å². The van der Waals surface area contributed by atoms with Crippen molar-refractivity contribution in [3.8, 4) is 6.07 Å². The minimum absolute atomic E-state index is 0.406. The predicted octanol–water partition coefficient (Wildman–Crippen LogP) is 1.02. The van der Waals surface area contributed by atoms with E-state index in [2.05, 4.69) is 4.98 Å². The van der Waals surface area contributed by atoms with Crippen molar-refractivity contribution in [3.05, 3.63) is 24.4 Å². The number of hydrogen-bond acceptors (Lipinski definition) is 4. The van der Waals surface area contributed by atoms with Crippen LogP contribution >= 0.6 is 11.8 Å². The van der Waals surface area contributed by atoms with Gasteiger partial charge in [0.15, 0.2) is 0 Å². The van der Waals surface area contributed by atoms with Crippen molar-refractivity contribution in [1.29, 1.82) is 5.26 Å². The Morgan fingerprint density at radius 3 is 3.08 bits per heavy atom. The van der Waals surface area contributed by atoms with Crippen LogP contribution in [0.4, 0.5) is 0 Å². The van der Waals surface area contributed by atoms with Crippen molar-refractivity contribution >= 4 is 11.8 Å². The van der Waals surface area contributed by atoms with Crippen LogP contribution in [0, 0.1) is 11.3 Å². The van der Waals surface area contributed by atoms with E-state index in [0.29, 0.717) is 5.75 Å². The molecule has 2 N–H and O–H groups in total. The van der Waals surface area contributed by atoms with Crippen LogP contribution in [0.1, 0.15) is 0 Å². The van der Waals surface area contributed by atoms with E-state index in [0.717, 1.165) is 5.03 Å². The van der Waals surface area contributed by atoms with Crippen LogP contribution in [-0.2, 0) is 0 Å². The van der Waals surface area contributed by atoms with Gasteiger partial charge >= 0.3 is 0 Å². The van der Waals surface area contributed by atoms with E-state index in [4.69, 9.17) is 11.0 Å². The lowest BCUT2D eigenvalue weighted by Gasteiger charge is -2.00. The lowest BCUT2D eigenvalue weighted by atomic mass is 10.4. The highest BCUT2D eigenvalue weighted by atomic mass is 32.2. The first kappa shape index (κ1) is 9.04. The third-order valence-electron chi connectivity index (χ3n) is 1.21. The Labute approximate surface area is 75.6 Å². The van der Waals surface area contributed by atoms with E-state index in [9.17, 15) is 0 Å². The summed E-state index contributed by atoms with van der Waals surface area (Å²) in [4.78, 5) is 4.08. The topological polar surface area (TPSA) is 62.7 Å². The van der Waals surface area contributed by atoms with Gasteiger partial charge in [0.2, 0.25) is 0 Å². The molecule has 1 unspecified atom stereocenters. The second-order valence-corrected chi connectivity index (χ2v) is 3.25. The Hall–Kier alpha value is -1.05. The summed E-state index contributed by atoms with van der Waals surface area (Å²) in [6.07, 6.45) is 1.72. The smallest absolute Gasteiger partial charge is 0.102 e. The average molecular weight is 179 g/mol. The molecule has 3 nitrogen and oxygen atoms in total. The van der Waals surface area contributed by atoms with Crippen LogP contribution in [0.5, 0.6) is 0 Å². The third-order valence-corrected chi connectivity index (χ3v) is 2.28. The first-order valence-corrected chi connectivity index (χ1v) is 4.50. The number of pyridine rings is 1. The van der Waals surface area contributed by atoms with Gasteiger partial charge in [0.1, 0.15) is 6.04 Å². The monoisotopic (exact) mass is 179 g/mol. The van der Waals surface area contributed by atoms with E-state index >= 15 is 0 Å². The molecule has 0 aliphatic heterocycles. The van der Waals surface area contributed by atoms with Crippen molar-refractivity contribution in [2.24, 2.45) is 5.73 Å². The normalized spacial score (nSPS) is 12.0. The molecule has 0 spiro atoms. The van der Waals surface area contributed by atoms with Gasteiger partial charge in [-0.15, -0.1) is 11.8 Å². The molecular weight excluding hydrogens is 170 g/mol. The summed E-state index contributed by atoms with van der Waals surface area (Å²) in [6.45, 7) is 0. The van der Waals surface area contributed by atoms with Gasteiger partial charge in [-0.1, -0.05) is 6.07 Å². The van der Waals surface area contributed by atoms with E-state index in [1.807, 2.05) is 24.3 Å². The van der Waals surface area contributed by atoms with Crippen molar-refractivity contribution in [1.82, 2.24) is 4.98 Å². The minimum atomic E-state index is -0.406. The summed E-state index contributed by atoms with van der Waals surface area (Å²) in [5.74, 6) is 0.591. The van der Waals surface area contributed by atoms with Gasteiger partial charge in [-0.3, -0.25) is 0 Å². The third kappa shape index (κ3) is 2.91. The van der Waals surface area contributed by atoms with Crippen LogP contribution in [-0.4, -0.2) is 16.8 Å². The fourth-order valence-electron chi connectivity index (χ4n) is 0.645. The van der Waals surface area contributed by atoms with Gasteiger partial charge in [0, 0.05) is 11.9 Å². The summed E-state index contributed by atoms with van der Waals surface area (Å²) < 4.78 is 0. The summed E-state index contributed by atoms with van der Waals surface area (Å²) in [7, 11) is 0. The lowest BCUT2D eigenvalue weighted by molar-refractivity contribution is 0.950. The van der Waals surface area contributed by atoms with Crippen molar-refractivity contribution in [2.75, 3.05) is 5.75 Å². The summed E-state index contributed by atoms with van der Waals surface area (Å²) in [5, 5.41) is 9.31. The largest absolute Gasteiger partial charge is 0.315 e. The fourth-order valence-corrected chi connectivity index (χ4v) is 1.38. The first-order chi connectivity index (χ1) is 5.83. The quantitative estimate of drug-likeness (QED) is 0.704. The average Bonchev–Trinajstić information content (AvgIpc) is 2.16. The van der Waals surface area contributed by atoms with Crippen molar-refractivity contribution in [3.63, 3.8) is 0 Å². The zero-order valence-electron chi connectivity index (χ0n) is 6.47. The number of hydrogen-bond donors (Lipinski definition) is 1. The number of nitrogens with zero attached hydrogens (tertiary/aromatic N) is 2. The number of aromatic nitrogens is 1. The maximum atomic E-state index is 8.40. The second kappa shape index (κ2) is 4.75. The first-order valence-electron chi connectivity index (χ1n) is 3.52. The minimum Gasteiger partial charge on any atom is -0.315 e. The molecule has 0 aliphatic carbocycles. The summed E-state index contributed by atoms with van der Waals surface area (Å²) in [6, 6.07) is 7.22. The number of nitriles is 1. The number of thioether (sulfide) groups is 1. The van der Waals surface area contributed by atoms with Gasteiger partial charge in [0.25, 0.3) is 0 Å². The SMILES string of the molecule is N#CC(N)CSc1ccccn1. The molecule has 1 aromatic rings. The number of rotatable bonds is 3. The van der Waals surface area contributed by atoms with E-state index in [1.54, 1.807) is 6.20 Å². The summed E-state index contributed by atoms with van der Waals surface area (Å²) >= 11 is 1.49. The predicted molar refractivity (Wildman–Crippen MR) is 48.5 cm³/mol. The molecule has 0 saturated carbocycles. The second-order valence-electron chi connectivity index (χ2n) is 2.21. The Balaban J connectivity index is 2.40. The lowest BCUT2D eigenvalue weighted by Crippen LogP contribution is -2.19. The molecule has 12 heavy (non-hydrogen) atoms. The molecule has 0 amide bonds. The molecular formula is C8H9N3S.